The first-order chi connectivity index (χ1) is 17.7. The van der Waals surface area contributed by atoms with Gasteiger partial charge in [-0.05, 0) is 54.8 Å². The standard InChI is InChI=1S/C27H29N5O4/c1-34-20-8-6-19(7-9-20)28-26-25-21(3-2-4-22(25)33)29-27(30-26)32-13-11-31(12-14-32)16-18-5-10-23-24(15-18)36-17-35-23/h5-10,15H,2-4,11-14,16-17H2,1H3,(H,28,29,30). The van der Waals surface area contributed by atoms with Crippen LogP contribution in [-0.2, 0) is 13.0 Å². The summed E-state index contributed by atoms with van der Waals surface area (Å²) in [5.74, 6) is 3.79. The van der Waals surface area contributed by atoms with Crippen molar-refractivity contribution >= 4 is 23.2 Å². The molecule has 2 aromatic carbocycles. The number of ketones is 1. The molecule has 3 aliphatic rings. The van der Waals surface area contributed by atoms with Gasteiger partial charge in [0.2, 0.25) is 12.7 Å². The molecule has 1 fully saturated rings. The van der Waals surface area contributed by atoms with Crippen molar-refractivity contribution in [3.05, 3.63) is 59.3 Å². The fourth-order valence-electron chi connectivity index (χ4n) is 4.96. The number of piperazine rings is 1. The molecule has 6 rings (SSSR count). The number of nitrogens with one attached hydrogen (secondary N) is 1. The normalized spacial score (nSPS) is 17.1. The first kappa shape index (κ1) is 22.6. The van der Waals surface area contributed by atoms with Gasteiger partial charge < -0.3 is 24.4 Å². The summed E-state index contributed by atoms with van der Waals surface area (Å²) in [5, 5.41) is 3.37. The Balaban J connectivity index is 1.18. The number of Topliss-reactive ketones (excluding diaryl/α,β-unsaturated/α-hetero) is 1. The summed E-state index contributed by atoms with van der Waals surface area (Å²) in [6.07, 6.45) is 2.15. The van der Waals surface area contributed by atoms with E-state index in [4.69, 9.17) is 24.2 Å². The van der Waals surface area contributed by atoms with Crippen molar-refractivity contribution in [3.63, 3.8) is 0 Å². The van der Waals surface area contributed by atoms with E-state index in [1.807, 2.05) is 30.3 Å². The van der Waals surface area contributed by atoms with Gasteiger partial charge in [-0.25, -0.2) is 4.98 Å². The number of methoxy groups -OCH3 is 1. The van der Waals surface area contributed by atoms with Crippen LogP contribution in [0.1, 0.15) is 34.5 Å². The highest BCUT2D eigenvalue weighted by Crippen LogP contribution is 2.33. The smallest absolute Gasteiger partial charge is 0.231 e. The lowest BCUT2D eigenvalue weighted by atomic mass is 9.95. The first-order valence-corrected chi connectivity index (χ1v) is 12.4. The van der Waals surface area contributed by atoms with Gasteiger partial charge in [-0.1, -0.05) is 6.07 Å². The van der Waals surface area contributed by atoms with Crippen molar-refractivity contribution in [1.82, 2.24) is 14.9 Å². The number of aromatic nitrogens is 2. The summed E-state index contributed by atoms with van der Waals surface area (Å²) in [6, 6.07) is 13.8. The fraction of sp³-hybridized carbons (Fsp3) is 0.370. The summed E-state index contributed by atoms with van der Waals surface area (Å²) in [4.78, 5) is 27.1. The predicted molar refractivity (Wildman–Crippen MR) is 136 cm³/mol. The number of ether oxygens (including phenoxy) is 3. The van der Waals surface area contributed by atoms with Crippen LogP contribution in [0.15, 0.2) is 42.5 Å². The second-order valence-electron chi connectivity index (χ2n) is 9.27. The van der Waals surface area contributed by atoms with Crippen LogP contribution in [0.3, 0.4) is 0 Å². The molecule has 9 heteroatoms. The molecule has 9 nitrogen and oxygen atoms in total. The van der Waals surface area contributed by atoms with E-state index < -0.39 is 0 Å². The molecule has 0 saturated carbocycles. The lowest BCUT2D eigenvalue weighted by molar-refractivity contribution is 0.0972. The van der Waals surface area contributed by atoms with Crippen LogP contribution < -0.4 is 24.4 Å². The maximum Gasteiger partial charge on any atom is 0.231 e. The van der Waals surface area contributed by atoms with Crippen LogP contribution >= 0.6 is 0 Å². The summed E-state index contributed by atoms with van der Waals surface area (Å²) in [5.41, 5.74) is 3.54. The van der Waals surface area contributed by atoms with Crippen molar-refractivity contribution in [2.45, 2.75) is 25.8 Å². The van der Waals surface area contributed by atoms with Gasteiger partial charge >= 0.3 is 0 Å². The molecule has 0 amide bonds. The Bertz CT molecular complexity index is 1270. The zero-order valence-corrected chi connectivity index (χ0v) is 20.3. The zero-order chi connectivity index (χ0) is 24.5. The Morgan fingerprint density at radius 2 is 1.78 bits per heavy atom. The second kappa shape index (κ2) is 9.66. The van der Waals surface area contributed by atoms with E-state index in [0.29, 0.717) is 30.5 Å². The molecule has 1 N–H and O–H groups in total. The highest BCUT2D eigenvalue weighted by Gasteiger charge is 2.27. The molecular weight excluding hydrogens is 458 g/mol. The molecule has 0 atom stereocenters. The minimum absolute atomic E-state index is 0.104. The van der Waals surface area contributed by atoms with Crippen molar-refractivity contribution in [1.29, 1.82) is 0 Å². The summed E-state index contributed by atoms with van der Waals surface area (Å²) in [6.45, 7) is 4.58. The van der Waals surface area contributed by atoms with Crippen molar-refractivity contribution in [3.8, 4) is 17.2 Å². The molecule has 1 aromatic heterocycles. The van der Waals surface area contributed by atoms with Gasteiger partial charge in [-0.2, -0.15) is 4.98 Å². The van der Waals surface area contributed by atoms with Gasteiger partial charge in [0.15, 0.2) is 17.3 Å². The van der Waals surface area contributed by atoms with Gasteiger partial charge in [0, 0.05) is 44.8 Å². The molecule has 0 spiro atoms. The van der Waals surface area contributed by atoms with E-state index in [9.17, 15) is 4.79 Å². The molecule has 1 aliphatic carbocycles. The molecule has 0 unspecified atom stereocenters. The molecule has 0 bridgehead atoms. The zero-order valence-electron chi connectivity index (χ0n) is 20.3. The van der Waals surface area contributed by atoms with Crippen LogP contribution in [0.5, 0.6) is 17.2 Å². The fourth-order valence-corrected chi connectivity index (χ4v) is 4.96. The highest BCUT2D eigenvalue weighted by atomic mass is 16.7. The van der Waals surface area contributed by atoms with Crippen molar-refractivity contribution in [2.75, 3.05) is 50.3 Å². The number of nitrogens with zero attached hydrogens (tertiary/aromatic N) is 4. The van der Waals surface area contributed by atoms with Crippen LogP contribution in [-0.4, -0.2) is 60.7 Å². The SMILES string of the molecule is COc1ccc(Nc2nc(N3CCN(Cc4ccc5c(c4)OCO5)CC3)nc3c2C(=O)CCC3)cc1. The number of fused-ring (bicyclic) bond motifs is 2. The molecule has 186 valence electrons. The Morgan fingerprint density at radius 1 is 0.972 bits per heavy atom. The molecule has 36 heavy (non-hydrogen) atoms. The van der Waals surface area contributed by atoms with Gasteiger partial charge in [0.1, 0.15) is 11.6 Å². The monoisotopic (exact) mass is 487 g/mol. The molecule has 0 radical (unpaired) electrons. The van der Waals surface area contributed by atoms with E-state index >= 15 is 0 Å². The number of anilines is 3. The highest BCUT2D eigenvalue weighted by molar-refractivity contribution is 6.03. The number of aryl methyl sites for hydroxylation is 1. The average Bonchev–Trinajstić information content (AvgIpc) is 3.37. The van der Waals surface area contributed by atoms with Crippen LogP contribution in [0.25, 0.3) is 0 Å². The molecule has 1 saturated heterocycles. The Morgan fingerprint density at radius 3 is 2.58 bits per heavy atom. The Kier molecular flexibility index (Phi) is 6.06. The third-order valence-corrected chi connectivity index (χ3v) is 6.92. The van der Waals surface area contributed by atoms with E-state index in [1.165, 1.54) is 5.56 Å². The average molecular weight is 488 g/mol. The summed E-state index contributed by atoms with van der Waals surface area (Å²) < 4.78 is 16.2. The number of hydrogen-bond donors (Lipinski definition) is 1. The molecule has 3 heterocycles. The maximum absolute atomic E-state index is 12.8. The van der Waals surface area contributed by atoms with Crippen molar-refractivity contribution in [2.24, 2.45) is 0 Å². The van der Waals surface area contributed by atoms with Gasteiger partial charge in [-0.15, -0.1) is 0 Å². The number of carbonyl (C=O) groups excluding carboxylic acids is 1. The van der Waals surface area contributed by atoms with Gasteiger partial charge in [-0.3, -0.25) is 9.69 Å². The Labute approximate surface area is 210 Å². The number of rotatable bonds is 6. The predicted octanol–water partition coefficient (Wildman–Crippen LogP) is 3.80. The van der Waals surface area contributed by atoms with E-state index in [0.717, 1.165) is 74.2 Å². The van der Waals surface area contributed by atoms with Gasteiger partial charge in [0.05, 0.1) is 18.4 Å². The number of carbonyl (C=O) groups is 1. The van der Waals surface area contributed by atoms with E-state index in [-0.39, 0.29) is 5.78 Å². The van der Waals surface area contributed by atoms with Gasteiger partial charge in [0.25, 0.3) is 0 Å². The largest absolute Gasteiger partial charge is 0.497 e. The number of benzene rings is 2. The van der Waals surface area contributed by atoms with Crippen LogP contribution in [0, 0.1) is 0 Å². The Hall–Kier alpha value is -3.85. The maximum atomic E-state index is 12.8. The van der Waals surface area contributed by atoms with Crippen LogP contribution in [0.2, 0.25) is 0 Å². The minimum Gasteiger partial charge on any atom is -0.497 e. The molecular formula is C27H29N5O4. The van der Waals surface area contributed by atoms with Crippen molar-refractivity contribution < 1.29 is 19.0 Å². The third kappa shape index (κ3) is 4.54. The second-order valence-corrected chi connectivity index (χ2v) is 9.27. The summed E-state index contributed by atoms with van der Waals surface area (Å²) >= 11 is 0. The van der Waals surface area contributed by atoms with Crippen LogP contribution in [0.4, 0.5) is 17.5 Å². The molecule has 3 aromatic rings. The lowest BCUT2D eigenvalue weighted by Gasteiger charge is -2.35. The third-order valence-electron chi connectivity index (χ3n) is 6.92. The molecule has 2 aliphatic heterocycles. The topological polar surface area (TPSA) is 89.1 Å². The lowest BCUT2D eigenvalue weighted by Crippen LogP contribution is -2.46. The minimum atomic E-state index is 0.104. The summed E-state index contributed by atoms with van der Waals surface area (Å²) in [7, 11) is 1.64. The first-order valence-electron chi connectivity index (χ1n) is 12.4. The van der Waals surface area contributed by atoms with E-state index in [2.05, 4.69) is 27.2 Å². The van der Waals surface area contributed by atoms with E-state index in [1.54, 1.807) is 7.11 Å². The quantitative estimate of drug-likeness (QED) is 0.558. The number of hydrogen-bond acceptors (Lipinski definition) is 9.